The molecule has 84 valence electrons. The van der Waals surface area contributed by atoms with Crippen molar-refractivity contribution in [3.8, 4) is 5.69 Å². The van der Waals surface area contributed by atoms with Gasteiger partial charge in [0, 0.05) is 11.8 Å². The van der Waals surface area contributed by atoms with Gasteiger partial charge in [-0.05, 0) is 25.0 Å². The molecule has 0 saturated carbocycles. The molecule has 1 aromatic heterocycles. The summed E-state index contributed by atoms with van der Waals surface area (Å²) in [5.74, 6) is 0. The van der Waals surface area contributed by atoms with E-state index in [2.05, 4.69) is 12.0 Å². The third-order valence-electron chi connectivity index (χ3n) is 2.72. The number of aryl methyl sites for hydroxylation is 2. The van der Waals surface area contributed by atoms with Crippen molar-refractivity contribution in [2.24, 2.45) is 0 Å². The Bertz CT molecular complexity index is 537. The lowest BCUT2D eigenvalue weighted by Gasteiger charge is -2.04. The monoisotopic (exact) mass is 216 g/mol. The molecule has 0 atom stereocenters. The van der Waals surface area contributed by atoms with Crippen LogP contribution in [-0.2, 0) is 6.42 Å². The van der Waals surface area contributed by atoms with E-state index in [1.807, 2.05) is 31.2 Å². The minimum absolute atomic E-state index is 0.0659. The fourth-order valence-corrected chi connectivity index (χ4v) is 1.85. The minimum Gasteiger partial charge on any atom is -0.298 e. The van der Waals surface area contributed by atoms with Gasteiger partial charge in [-0.25, -0.2) is 4.68 Å². The molecule has 0 radical (unpaired) electrons. The predicted octanol–water partition coefficient (Wildman–Crippen LogP) is 2.43. The van der Waals surface area contributed by atoms with E-state index >= 15 is 0 Å². The molecule has 0 bridgehead atoms. The maximum atomic E-state index is 12.0. The molecule has 0 aliphatic carbocycles. The van der Waals surface area contributed by atoms with Crippen molar-refractivity contribution in [3.05, 3.63) is 51.9 Å². The van der Waals surface area contributed by atoms with Crippen LogP contribution in [-0.4, -0.2) is 9.78 Å². The van der Waals surface area contributed by atoms with E-state index in [9.17, 15) is 4.79 Å². The summed E-state index contributed by atoms with van der Waals surface area (Å²) < 4.78 is 1.61. The van der Waals surface area contributed by atoms with Crippen molar-refractivity contribution >= 4 is 0 Å². The molecule has 1 N–H and O–H groups in total. The summed E-state index contributed by atoms with van der Waals surface area (Å²) in [5.41, 5.74) is 2.94. The van der Waals surface area contributed by atoms with E-state index in [1.165, 1.54) is 0 Å². The van der Waals surface area contributed by atoms with E-state index in [0.29, 0.717) is 0 Å². The second-order valence-electron chi connectivity index (χ2n) is 3.98. The number of hydrogen-bond acceptors (Lipinski definition) is 1. The second-order valence-corrected chi connectivity index (χ2v) is 3.98. The molecule has 2 aromatic rings. The van der Waals surface area contributed by atoms with Crippen LogP contribution in [0.1, 0.15) is 24.5 Å². The van der Waals surface area contributed by atoms with Gasteiger partial charge < -0.3 is 0 Å². The molecule has 0 fully saturated rings. The lowest BCUT2D eigenvalue weighted by molar-refractivity contribution is 0.835. The molecule has 0 saturated heterocycles. The SMILES string of the molecule is CCCc1c[nH]n(-c2ccccc2C)c1=O. The minimum atomic E-state index is 0.0659. The summed E-state index contributed by atoms with van der Waals surface area (Å²) in [6.45, 7) is 4.08. The Hall–Kier alpha value is -1.77. The van der Waals surface area contributed by atoms with Gasteiger partial charge in [0.05, 0.1) is 5.69 Å². The first-order valence-electron chi connectivity index (χ1n) is 5.59. The molecular weight excluding hydrogens is 200 g/mol. The molecule has 1 aromatic carbocycles. The van der Waals surface area contributed by atoms with E-state index in [0.717, 1.165) is 29.7 Å². The van der Waals surface area contributed by atoms with Crippen LogP contribution in [0.4, 0.5) is 0 Å². The Morgan fingerprint density at radius 1 is 1.31 bits per heavy atom. The molecule has 0 spiro atoms. The van der Waals surface area contributed by atoms with Gasteiger partial charge in [0.15, 0.2) is 0 Å². The number of aromatic nitrogens is 2. The topological polar surface area (TPSA) is 37.8 Å². The molecule has 0 aliphatic rings. The van der Waals surface area contributed by atoms with E-state index in [1.54, 1.807) is 10.9 Å². The Kier molecular flexibility index (Phi) is 2.95. The van der Waals surface area contributed by atoms with Crippen molar-refractivity contribution in [1.82, 2.24) is 9.78 Å². The largest absolute Gasteiger partial charge is 0.298 e. The third-order valence-corrected chi connectivity index (χ3v) is 2.72. The second kappa shape index (κ2) is 4.39. The third kappa shape index (κ3) is 1.81. The number of nitrogens with one attached hydrogen (secondary N) is 1. The highest BCUT2D eigenvalue weighted by Crippen LogP contribution is 2.10. The van der Waals surface area contributed by atoms with Crippen molar-refractivity contribution in [2.75, 3.05) is 0 Å². The van der Waals surface area contributed by atoms with Crippen LogP contribution in [0.15, 0.2) is 35.3 Å². The van der Waals surface area contributed by atoms with Gasteiger partial charge in [-0.1, -0.05) is 31.5 Å². The molecule has 1 heterocycles. The van der Waals surface area contributed by atoms with Crippen LogP contribution in [0.5, 0.6) is 0 Å². The number of aromatic amines is 1. The summed E-state index contributed by atoms with van der Waals surface area (Å²) in [6, 6.07) is 7.86. The van der Waals surface area contributed by atoms with E-state index < -0.39 is 0 Å². The van der Waals surface area contributed by atoms with Crippen molar-refractivity contribution in [1.29, 1.82) is 0 Å². The van der Waals surface area contributed by atoms with E-state index in [-0.39, 0.29) is 5.56 Å². The number of nitrogens with zero attached hydrogens (tertiary/aromatic N) is 1. The Morgan fingerprint density at radius 2 is 2.06 bits per heavy atom. The van der Waals surface area contributed by atoms with Gasteiger partial charge in [0.25, 0.3) is 5.56 Å². The first kappa shape index (κ1) is 10.7. The number of rotatable bonds is 3. The molecule has 3 nitrogen and oxygen atoms in total. The van der Waals surface area contributed by atoms with Crippen LogP contribution < -0.4 is 5.56 Å². The first-order chi connectivity index (χ1) is 7.74. The maximum absolute atomic E-state index is 12.0. The Balaban J connectivity index is 2.50. The van der Waals surface area contributed by atoms with Gasteiger partial charge in [-0.3, -0.25) is 9.89 Å². The molecule has 3 heteroatoms. The van der Waals surface area contributed by atoms with Gasteiger partial charge in [-0.15, -0.1) is 0 Å². The summed E-state index contributed by atoms with van der Waals surface area (Å²) in [6.07, 6.45) is 3.62. The summed E-state index contributed by atoms with van der Waals surface area (Å²) in [4.78, 5) is 12.0. The predicted molar refractivity (Wildman–Crippen MR) is 65.1 cm³/mol. The fourth-order valence-electron chi connectivity index (χ4n) is 1.85. The molecule has 0 unspecified atom stereocenters. The fraction of sp³-hybridized carbons (Fsp3) is 0.308. The lowest BCUT2D eigenvalue weighted by Crippen LogP contribution is -2.18. The first-order valence-corrected chi connectivity index (χ1v) is 5.59. The number of benzene rings is 1. The van der Waals surface area contributed by atoms with Crippen LogP contribution in [0, 0.1) is 6.92 Å². The highest BCUT2D eigenvalue weighted by Gasteiger charge is 2.07. The number of hydrogen-bond donors (Lipinski definition) is 1. The Labute approximate surface area is 94.7 Å². The summed E-state index contributed by atoms with van der Waals surface area (Å²) >= 11 is 0. The van der Waals surface area contributed by atoms with Gasteiger partial charge >= 0.3 is 0 Å². The van der Waals surface area contributed by atoms with Crippen LogP contribution in [0.2, 0.25) is 0 Å². The average Bonchev–Trinajstić information content (AvgIpc) is 2.62. The lowest BCUT2D eigenvalue weighted by atomic mass is 10.2. The average molecular weight is 216 g/mol. The van der Waals surface area contributed by atoms with Gasteiger partial charge in [-0.2, -0.15) is 0 Å². The zero-order chi connectivity index (χ0) is 11.5. The molecule has 16 heavy (non-hydrogen) atoms. The smallest absolute Gasteiger partial charge is 0.274 e. The normalized spacial score (nSPS) is 10.6. The molecule has 0 aliphatic heterocycles. The van der Waals surface area contributed by atoms with Crippen molar-refractivity contribution in [3.63, 3.8) is 0 Å². The van der Waals surface area contributed by atoms with E-state index in [4.69, 9.17) is 0 Å². The summed E-state index contributed by atoms with van der Waals surface area (Å²) in [5, 5.41) is 3.02. The van der Waals surface area contributed by atoms with Crippen molar-refractivity contribution < 1.29 is 0 Å². The zero-order valence-electron chi connectivity index (χ0n) is 9.66. The number of para-hydroxylation sites is 1. The highest BCUT2D eigenvalue weighted by atomic mass is 16.1. The quantitative estimate of drug-likeness (QED) is 0.840. The maximum Gasteiger partial charge on any atom is 0.274 e. The Morgan fingerprint density at radius 3 is 2.75 bits per heavy atom. The van der Waals surface area contributed by atoms with Gasteiger partial charge in [0.2, 0.25) is 0 Å². The molecule has 2 rings (SSSR count). The van der Waals surface area contributed by atoms with Crippen LogP contribution in [0.25, 0.3) is 5.69 Å². The molecule has 0 amide bonds. The zero-order valence-corrected chi connectivity index (χ0v) is 9.66. The highest BCUT2D eigenvalue weighted by molar-refractivity contribution is 5.39. The van der Waals surface area contributed by atoms with Gasteiger partial charge in [0.1, 0.15) is 0 Å². The standard InChI is InChI=1S/C13H16N2O/c1-3-6-11-9-14-15(13(11)16)12-8-5-4-7-10(12)2/h4-5,7-9,14H,3,6H2,1-2H3. The van der Waals surface area contributed by atoms with Crippen LogP contribution >= 0.6 is 0 Å². The van der Waals surface area contributed by atoms with Crippen molar-refractivity contribution in [2.45, 2.75) is 26.7 Å². The summed E-state index contributed by atoms with van der Waals surface area (Å²) in [7, 11) is 0. The molecular formula is C13H16N2O. The van der Waals surface area contributed by atoms with Crippen LogP contribution in [0.3, 0.4) is 0 Å². The number of H-pyrrole nitrogens is 1.